The van der Waals surface area contributed by atoms with Crippen molar-refractivity contribution in [2.75, 3.05) is 32.5 Å². The molecule has 158 valence electrons. The summed E-state index contributed by atoms with van der Waals surface area (Å²) in [6, 6.07) is 9.50. The molecule has 1 fully saturated rings. The van der Waals surface area contributed by atoms with E-state index in [-0.39, 0.29) is 24.2 Å². The smallest absolute Gasteiger partial charge is 0.263 e. The third-order valence-electron chi connectivity index (χ3n) is 5.13. The summed E-state index contributed by atoms with van der Waals surface area (Å²) in [5.74, 6) is 0.412. The van der Waals surface area contributed by atoms with Gasteiger partial charge in [0.25, 0.3) is 11.8 Å². The number of carbonyl (C=O) groups excluding carboxylic acids is 2. The summed E-state index contributed by atoms with van der Waals surface area (Å²) in [7, 11) is 3.48. The van der Waals surface area contributed by atoms with Gasteiger partial charge in [0.15, 0.2) is 0 Å². The van der Waals surface area contributed by atoms with Crippen LogP contribution in [0.2, 0.25) is 0 Å². The Labute approximate surface area is 186 Å². The van der Waals surface area contributed by atoms with Gasteiger partial charge in [-0.15, -0.1) is 23.7 Å². The Hall–Kier alpha value is -2.48. The maximum atomic E-state index is 12.7. The second kappa shape index (κ2) is 9.55. The SMILES string of the molecule is CN(C)C(=O)c1cc2cc(NC(=O)c3cncc(CC4CCNC4)c3)ccc2s1.Cl. The fraction of sp³-hybridized carbons (Fsp3) is 0.318. The Morgan fingerprint density at radius 2 is 2.07 bits per heavy atom. The Morgan fingerprint density at radius 1 is 1.23 bits per heavy atom. The lowest BCUT2D eigenvalue weighted by atomic mass is 9.99. The molecule has 3 aromatic rings. The lowest BCUT2D eigenvalue weighted by Crippen LogP contribution is -2.20. The Morgan fingerprint density at radius 3 is 2.80 bits per heavy atom. The number of thiophene rings is 1. The summed E-state index contributed by atoms with van der Waals surface area (Å²) in [6.45, 7) is 2.08. The van der Waals surface area contributed by atoms with E-state index in [1.54, 1.807) is 25.2 Å². The van der Waals surface area contributed by atoms with Crippen molar-refractivity contribution >= 4 is 51.3 Å². The summed E-state index contributed by atoms with van der Waals surface area (Å²) >= 11 is 1.46. The van der Waals surface area contributed by atoms with Crippen LogP contribution in [0.5, 0.6) is 0 Å². The third kappa shape index (κ3) is 4.98. The maximum Gasteiger partial charge on any atom is 0.263 e. The summed E-state index contributed by atoms with van der Waals surface area (Å²) in [5.41, 5.74) is 2.35. The molecule has 2 aromatic heterocycles. The molecule has 0 bridgehead atoms. The van der Waals surface area contributed by atoms with Gasteiger partial charge in [-0.2, -0.15) is 0 Å². The second-order valence-corrected chi connectivity index (χ2v) is 8.75. The minimum atomic E-state index is -0.178. The quantitative estimate of drug-likeness (QED) is 0.627. The van der Waals surface area contributed by atoms with E-state index in [4.69, 9.17) is 0 Å². The van der Waals surface area contributed by atoms with Crippen molar-refractivity contribution < 1.29 is 9.59 Å². The van der Waals surface area contributed by atoms with Crippen LogP contribution < -0.4 is 10.6 Å². The van der Waals surface area contributed by atoms with Crippen molar-refractivity contribution in [1.29, 1.82) is 0 Å². The Bertz CT molecular complexity index is 1060. The average molecular weight is 445 g/mol. The molecule has 4 rings (SSSR count). The first-order valence-corrected chi connectivity index (χ1v) is 10.5. The number of carbonyl (C=O) groups is 2. The molecule has 6 nitrogen and oxygen atoms in total. The van der Waals surface area contributed by atoms with Crippen molar-refractivity contribution in [2.45, 2.75) is 12.8 Å². The molecule has 0 aliphatic carbocycles. The van der Waals surface area contributed by atoms with Crippen molar-refractivity contribution in [1.82, 2.24) is 15.2 Å². The van der Waals surface area contributed by atoms with Crippen LogP contribution in [-0.4, -0.2) is 48.9 Å². The van der Waals surface area contributed by atoms with Gasteiger partial charge in [-0.1, -0.05) is 0 Å². The van der Waals surface area contributed by atoms with Crippen LogP contribution in [0, 0.1) is 5.92 Å². The molecular formula is C22H25ClN4O2S. The van der Waals surface area contributed by atoms with E-state index in [2.05, 4.69) is 15.6 Å². The number of rotatable bonds is 5. The zero-order chi connectivity index (χ0) is 20.4. The van der Waals surface area contributed by atoms with E-state index in [1.807, 2.05) is 36.5 Å². The molecule has 0 spiro atoms. The summed E-state index contributed by atoms with van der Waals surface area (Å²) in [5, 5.41) is 7.26. The number of anilines is 1. The lowest BCUT2D eigenvalue weighted by Gasteiger charge is -2.10. The number of hydrogen-bond acceptors (Lipinski definition) is 5. The molecule has 1 aromatic carbocycles. The molecule has 1 aliphatic heterocycles. The largest absolute Gasteiger partial charge is 0.344 e. The highest BCUT2D eigenvalue weighted by molar-refractivity contribution is 7.20. The van der Waals surface area contributed by atoms with Crippen molar-refractivity contribution in [3.8, 4) is 0 Å². The highest BCUT2D eigenvalue weighted by Gasteiger charge is 2.17. The zero-order valence-electron chi connectivity index (χ0n) is 17.0. The van der Waals surface area contributed by atoms with Crippen LogP contribution in [0.3, 0.4) is 0 Å². The van der Waals surface area contributed by atoms with Crippen LogP contribution in [0.4, 0.5) is 5.69 Å². The van der Waals surface area contributed by atoms with Gasteiger partial charge in [-0.25, -0.2) is 0 Å². The fourth-order valence-electron chi connectivity index (χ4n) is 3.60. The van der Waals surface area contributed by atoms with Crippen LogP contribution in [0.1, 0.15) is 32.0 Å². The molecule has 1 unspecified atom stereocenters. The van der Waals surface area contributed by atoms with E-state index < -0.39 is 0 Å². The minimum Gasteiger partial charge on any atom is -0.344 e. The molecule has 1 aliphatic rings. The molecule has 0 radical (unpaired) electrons. The van der Waals surface area contributed by atoms with Gasteiger partial charge in [0.05, 0.1) is 10.4 Å². The molecule has 0 saturated carbocycles. The second-order valence-electron chi connectivity index (χ2n) is 7.66. The third-order valence-corrected chi connectivity index (χ3v) is 6.24. The summed E-state index contributed by atoms with van der Waals surface area (Å²) < 4.78 is 1.02. The molecule has 1 atom stereocenters. The maximum absolute atomic E-state index is 12.7. The molecule has 2 amide bonds. The van der Waals surface area contributed by atoms with Gasteiger partial charge in [-0.3, -0.25) is 14.6 Å². The van der Waals surface area contributed by atoms with Gasteiger partial charge in [0.2, 0.25) is 0 Å². The first-order valence-electron chi connectivity index (χ1n) is 9.71. The number of aromatic nitrogens is 1. The number of amides is 2. The molecule has 3 heterocycles. The predicted octanol–water partition coefficient (Wildman–Crippen LogP) is 3.82. The number of halogens is 1. The highest BCUT2D eigenvalue weighted by Crippen LogP contribution is 2.29. The van der Waals surface area contributed by atoms with Gasteiger partial charge in [-0.05, 0) is 73.1 Å². The van der Waals surface area contributed by atoms with E-state index in [1.165, 1.54) is 11.3 Å². The van der Waals surface area contributed by atoms with Gasteiger partial charge < -0.3 is 15.5 Å². The van der Waals surface area contributed by atoms with Crippen molar-refractivity contribution in [3.05, 3.63) is 58.7 Å². The van der Waals surface area contributed by atoms with Crippen molar-refractivity contribution in [3.63, 3.8) is 0 Å². The lowest BCUT2D eigenvalue weighted by molar-refractivity contribution is 0.0832. The molecular weight excluding hydrogens is 420 g/mol. The van der Waals surface area contributed by atoms with Crippen LogP contribution >= 0.6 is 23.7 Å². The standard InChI is InChI=1S/C22H24N4O2S.ClH/c1-26(2)22(28)20-10-16-9-18(3-4-19(16)29-20)25-21(27)17-8-15(12-24-13-17)7-14-5-6-23-11-14;/h3-4,8-10,12-14,23H,5-7,11H2,1-2H3,(H,25,27);1H. The number of benzene rings is 1. The molecule has 2 N–H and O–H groups in total. The van der Waals surface area contributed by atoms with E-state index in [0.717, 1.165) is 41.6 Å². The predicted molar refractivity (Wildman–Crippen MR) is 124 cm³/mol. The van der Waals surface area contributed by atoms with Gasteiger partial charge >= 0.3 is 0 Å². The van der Waals surface area contributed by atoms with Gasteiger partial charge in [0.1, 0.15) is 0 Å². The minimum absolute atomic E-state index is 0. The molecule has 8 heteroatoms. The number of nitrogens with zero attached hydrogens (tertiary/aromatic N) is 2. The normalized spacial score (nSPS) is 15.6. The van der Waals surface area contributed by atoms with Crippen LogP contribution in [0.25, 0.3) is 10.1 Å². The van der Waals surface area contributed by atoms with E-state index in [9.17, 15) is 9.59 Å². The Balaban J connectivity index is 0.00000256. The highest BCUT2D eigenvalue weighted by atomic mass is 35.5. The topological polar surface area (TPSA) is 74.3 Å². The summed E-state index contributed by atoms with van der Waals surface area (Å²) in [4.78, 5) is 31.4. The number of nitrogens with one attached hydrogen (secondary N) is 2. The van der Waals surface area contributed by atoms with E-state index >= 15 is 0 Å². The Kier molecular flexibility index (Phi) is 7.07. The molecule has 30 heavy (non-hydrogen) atoms. The number of fused-ring (bicyclic) bond motifs is 1. The fourth-order valence-corrected chi connectivity index (χ4v) is 4.66. The monoisotopic (exact) mass is 444 g/mol. The van der Waals surface area contributed by atoms with Crippen LogP contribution in [0.15, 0.2) is 42.7 Å². The number of hydrogen-bond donors (Lipinski definition) is 2. The van der Waals surface area contributed by atoms with E-state index in [0.29, 0.717) is 22.0 Å². The molecule has 1 saturated heterocycles. The first kappa shape index (κ1) is 22.2. The number of pyridine rings is 1. The summed E-state index contributed by atoms with van der Waals surface area (Å²) in [6.07, 6.45) is 5.54. The van der Waals surface area contributed by atoms with Crippen molar-refractivity contribution in [2.24, 2.45) is 5.92 Å². The first-order chi connectivity index (χ1) is 14.0. The average Bonchev–Trinajstić information content (AvgIpc) is 3.36. The zero-order valence-corrected chi connectivity index (χ0v) is 18.6. The van der Waals surface area contributed by atoms with Gasteiger partial charge in [0, 0.05) is 36.9 Å². The van der Waals surface area contributed by atoms with Crippen LogP contribution in [-0.2, 0) is 6.42 Å².